The summed E-state index contributed by atoms with van der Waals surface area (Å²) in [5.74, 6) is 3.98. The number of allylic oxidation sites excluding steroid dienone is 1. The minimum atomic E-state index is -0.0587. The van der Waals surface area contributed by atoms with Gasteiger partial charge in [0.05, 0.1) is 11.7 Å². The maximum Gasteiger partial charge on any atom is 0.216 e. The summed E-state index contributed by atoms with van der Waals surface area (Å²) in [5.41, 5.74) is 3.78. The minimum absolute atomic E-state index is 0.0587. The first-order valence-corrected chi connectivity index (χ1v) is 16.3. The molecule has 3 saturated carbocycles. The van der Waals surface area contributed by atoms with Crippen molar-refractivity contribution < 1.29 is 14.3 Å². The normalized spacial score (nSPS) is 48.2. The highest BCUT2D eigenvalue weighted by molar-refractivity contribution is 5.80. The number of hydrogen-bond acceptors (Lipinski definition) is 4. The number of Topliss-reactive ketones (excluding diaryl/α,β-unsaturated/α-hetero) is 1. The molecule has 2 saturated heterocycles. The highest BCUT2D eigenvalue weighted by atomic mass is 16.5. The van der Waals surface area contributed by atoms with Crippen LogP contribution in [0, 0.1) is 40.4 Å². The van der Waals surface area contributed by atoms with Gasteiger partial charge >= 0.3 is 0 Å². The van der Waals surface area contributed by atoms with Gasteiger partial charge in [-0.1, -0.05) is 38.8 Å². The average molecular weight is 539 g/mol. The summed E-state index contributed by atoms with van der Waals surface area (Å²) < 4.78 is 7.27. The molecule has 0 aromatic heterocycles. The van der Waals surface area contributed by atoms with Crippen LogP contribution in [-0.2, 0) is 14.3 Å². The predicted molar refractivity (Wildman–Crippen MR) is 155 cm³/mol. The Morgan fingerprint density at radius 3 is 2.67 bits per heavy atom. The van der Waals surface area contributed by atoms with E-state index in [9.17, 15) is 9.59 Å². The maximum absolute atomic E-state index is 12.5. The molecule has 1 N–H and O–H groups in total. The maximum atomic E-state index is 12.5. The molecule has 10 atom stereocenters. The summed E-state index contributed by atoms with van der Waals surface area (Å²) >= 11 is 0. The monoisotopic (exact) mass is 538 g/mol. The number of hydrogen-bond donors (Lipinski definition) is 1. The van der Waals surface area contributed by atoms with Crippen molar-refractivity contribution in [3.63, 3.8) is 0 Å². The number of fused-ring (bicyclic) bond motifs is 7. The standard InChI is InChI=1S/C34H54N2O3/c1-21-15-30-31(36(20-21)14-13-35-24(4)37)23(3)34(39-30)12-7-25-16-26(22(2)18-34)17-29-28(25)9-10-32(5)19-27(38)8-11-33(29,32)6/h21,23,25,28-31H,7-20H2,1-6H3,(H,35,37)/t21-,23+,25+,28-,29-,30+,31-,32+,33+,34-/m0/s1. The van der Waals surface area contributed by atoms with Crippen molar-refractivity contribution in [2.75, 3.05) is 19.6 Å². The van der Waals surface area contributed by atoms with Gasteiger partial charge in [0.15, 0.2) is 0 Å². The van der Waals surface area contributed by atoms with Crippen LogP contribution in [0.4, 0.5) is 0 Å². The molecule has 2 heterocycles. The Morgan fingerprint density at radius 2 is 1.90 bits per heavy atom. The molecule has 6 rings (SSSR count). The van der Waals surface area contributed by atoms with Gasteiger partial charge in [-0.3, -0.25) is 14.5 Å². The van der Waals surface area contributed by atoms with E-state index in [-0.39, 0.29) is 16.9 Å². The Labute approximate surface area is 237 Å². The van der Waals surface area contributed by atoms with Crippen molar-refractivity contribution in [3.8, 4) is 0 Å². The molecule has 1 spiro atoms. The molecule has 218 valence electrons. The van der Waals surface area contributed by atoms with Crippen LogP contribution < -0.4 is 5.32 Å². The smallest absolute Gasteiger partial charge is 0.216 e. The number of rotatable bonds is 3. The molecule has 1 amide bonds. The Balaban J connectivity index is 1.27. The fourth-order valence-corrected chi connectivity index (χ4v) is 11.1. The summed E-state index contributed by atoms with van der Waals surface area (Å²) in [6.45, 7) is 16.7. The number of ketones is 1. The van der Waals surface area contributed by atoms with E-state index in [4.69, 9.17) is 4.74 Å². The minimum Gasteiger partial charge on any atom is -0.369 e. The second-order valence-corrected chi connectivity index (χ2v) is 15.6. The van der Waals surface area contributed by atoms with E-state index in [0.29, 0.717) is 35.2 Å². The molecular weight excluding hydrogens is 484 g/mol. The van der Waals surface area contributed by atoms with E-state index in [2.05, 4.69) is 44.8 Å². The van der Waals surface area contributed by atoms with Gasteiger partial charge in [0, 0.05) is 51.4 Å². The van der Waals surface area contributed by atoms with E-state index in [1.165, 1.54) is 38.5 Å². The molecule has 2 aliphatic heterocycles. The average Bonchev–Trinajstić information content (AvgIpc) is 3.13. The molecule has 4 aliphatic carbocycles. The van der Waals surface area contributed by atoms with Gasteiger partial charge in [0.2, 0.25) is 5.91 Å². The lowest BCUT2D eigenvalue weighted by molar-refractivity contribution is -0.150. The number of carbonyl (C=O) groups excluding carboxylic acids is 2. The number of carbonyl (C=O) groups is 2. The molecule has 6 aliphatic rings. The lowest BCUT2D eigenvalue weighted by Crippen LogP contribution is -2.56. The van der Waals surface area contributed by atoms with Crippen LogP contribution in [0.2, 0.25) is 0 Å². The molecule has 0 radical (unpaired) electrons. The van der Waals surface area contributed by atoms with Gasteiger partial charge in [-0.25, -0.2) is 0 Å². The SMILES string of the molecule is CC(=O)NCCN1C[C@@H](C)C[C@H]2O[C@]3(CC[C@@H]4CC(=C(C)C3)C[C@H]3[C@H]4CC[C@]4(C)CC(=O)CC[C@]34C)[C@H](C)[C@@H]21. The number of nitrogens with one attached hydrogen (secondary N) is 1. The second kappa shape index (κ2) is 9.96. The van der Waals surface area contributed by atoms with Crippen molar-refractivity contribution in [3.05, 3.63) is 11.1 Å². The van der Waals surface area contributed by atoms with E-state index in [0.717, 1.165) is 69.5 Å². The quantitative estimate of drug-likeness (QED) is 0.428. The Hall–Kier alpha value is -1.20. The number of piperidine rings is 1. The van der Waals surface area contributed by atoms with Crippen LogP contribution in [-0.4, -0.2) is 54.0 Å². The van der Waals surface area contributed by atoms with Crippen LogP contribution in [0.1, 0.15) is 112 Å². The zero-order valence-electron chi connectivity index (χ0n) is 25.6. The zero-order chi connectivity index (χ0) is 27.7. The van der Waals surface area contributed by atoms with Gasteiger partial charge in [0.1, 0.15) is 5.78 Å². The molecule has 5 nitrogen and oxygen atoms in total. The number of likely N-dealkylation sites (tertiary alicyclic amines) is 1. The summed E-state index contributed by atoms with van der Waals surface area (Å²) in [7, 11) is 0. The Bertz CT molecular complexity index is 1040. The van der Waals surface area contributed by atoms with E-state index in [1.807, 2.05) is 0 Å². The fourth-order valence-electron chi connectivity index (χ4n) is 11.1. The lowest BCUT2D eigenvalue weighted by atomic mass is 9.41. The number of nitrogens with zero attached hydrogens (tertiary/aromatic N) is 1. The first-order valence-electron chi connectivity index (χ1n) is 16.3. The third kappa shape index (κ3) is 4.57. The van der Waals surface area contributed by atoms with Crippen LogP contribution in [0.15, 0.2) is 11.1 Å². The largest absolute Gasteiger partial charge is 0.369 e. The van der Waals surface area contributed by atoms with Gasteiger partial charge < -0.3 is 10.1 Å². The summed E-state index contributed by atoms with van der Waals surface area (Å²) in [6, 6.07) is 0.453. The van der Waals surface area contributed by atoms with Crippen molar-refractivity contribution in [1.82, 2.24) is 10.2 Å². The van der Waals surface area contributed by atoms with Crippen LogP contribution in [0.5, 0.6) is 0 Å². The highest BCUT2D eigenvalue weighted by Gasteiger charge is 2.61. The third-order valence-electron chi connectivity index (χ3n) is 13.4. The molecule has 5 fully saturated rings. The molecule has 39 heavy (non-hydrogen) atoms. The molecule has 5 heteroatoms. The first-order chi connectivity index (χ1) is 18.4. The third-order valence-corrected chi connectivity index (χ3v) is 13.4. The number of amides is 1. The summed E-state index contributed by atoms with van der Waals surface area (Å²) in [6.07, 6.45) is 12.8. The molecule has 0 aromatic carbocycles. The fraction of sp³-hybridized carbons (Fsp3) is 0.882. The van der Waals surface area contributed by atoms with Crippen LogP contribution >= 0.6 is 0 Å². The Morgan fingerprint density at radius 1 is 1.10 bits per heavy atom. The van der Waals surface area contributed by atoms with Crippen LogP contribution in [0.3, 0.4) is 0 Å². The van der Waals surface area contributed by atoms with Gasteiger partial charge in [-0.15, -0.1) is 0 Å². The van der Waals surface area contributed by atoms with Gasteiger partial charge in [-0.2, -0.15) is 0 Å². The molecular formula is C34H54N2O3. The number of ether oxygens (including phenoxy) is 1. The lowest BCUT2D eigenvalue weighted by Gasteiger charge is -2.63. The summed E-state index contributed by atoms with van der Waals surface area (Å²) in [4.78, 5) is 26.7. The predicted octanol–water partition coefficient (Wildman–Crippen LogP) is 6.31. The molecule has 0 aromatic rings. The second-order valence-electron chi connectivity index (χ2n) is 15.6. The van der Waals surface area contributed by atoms with Crippen molar-refractivity contribution in [2.45, 2.75) is 130 Å². The van der Waals surface area contributed by atoms with Crippen molar-refractivity contribution in [2.24, 2.45) is 40.4 Å². The van der Waals surface area contributed by atoms with Crippen molar-refractivity contribution in [1.29, 1.82) is 0 Å². The molecule has 2 bridgehead atoms. The zero-order valence-corrected chi connectivity index (χ0v) is 25.6. The first kappa shape index (κ1) is 27.9. The summed E-state index contributed by atoms with van der Waals surface area (Å²) in [5, 5.41) is 3.03. The van der Waals surface area contributed by atoms with E-state index >= 15 is 0 Å². The topological polar surface area (TPSA) is 58.6 Å². The van der Waals surface area contributed by atoms with Gasteiger partial charge in [-0.05, 0) is 99.2 Å². The molecule has 0 unspecified atom stereocenters. The van der Waals surface area contributed by atoms with E-state index in [1.54, 1.807) is 18.1 Å². The van der Waals surface area contributed by atoms with Gasteiger partial charge in [0.25, 0.3) is 0 Å². The highest BCUT2D eigenvalue weighted by Crippen LogP contribution is 2.67. The Kier molecular flexibility index (Phi) is 7.14. The van der Waals surface area contributed by atoms with Crippen molar-refractivity contribution >= 4 is 11.7 Å². The van der Waals surface area contributed by atoms with E-state index < -0.39 is 0 Å². The van der Waals surface area contributed by atoms with Crippen LogP contribution in [0.25, 0.3) is 0 Å².